The van der Waals surface area contributed by atoms with E-state index < -0.39 is 25.1 Å². The fourth-order valence-electron chi connectivity index (χ4n) is 3.40. The smallest absolute Gasteiger partial charge is 0.294 e. The molecule has 0 spiro atoms. The van der Waals surface area contributed by atoms with Gasteiger partial charge < -0.3 is 15.1 Å². The highest BCUT2D eigenvalue weighted by Gasteiger charge is 2.19. The minimum absolute atomic E-state index is 0.0553. The molecule has 0 fully saturated rings. The van der Waals surface area contributed by atoms with Crippen molar-refractivity contribution in [3.8, 4) is 11.5 Å². The van der Waals surface area contributed by atoms with Crippen LogP contribution in [0.2, 0.25) is 5.28 Å². The van der Waals surface area contributed by atoms with Gasteiger partial charge in [0, 0.05) is 5.69 Å². The Morgan fingerprint density at radius 2 is 1.42 bits per heavy atom. The molecule has 2 heterocycles. The van der Waals surface area contributed by atoms with Gasteiger partial charge >= 0.3 is 0 Å². The summed E-state index contributed by atoms with van der Waals surface area (Å²) in [5.74, 6) is -0.0897. The second-order valence-corrected chi connectivity index (χ2v) is 10.9. The molecule has 2 aromatic heterocycles. The summed E-state index contributed by atoms with van der Waals surface area (Å²) < 4.78 is 71.0. The first-order chi connectivity index (χ1) is 18.0. The topological polar surface area (TPSA) is 197 Å². The number of hydrogen-bond donors (Lipinski definition) is 4. The predicted molar refractivity (Wildman–Crippen MR) is 137 cm³/mol. The summed E-state index contributed by atoms with van der Waals surface area (Å²) in [5.41, 5.74) is 1.63. The van der Waals surface area contributed by atoms with E-state index in [1.54, 1.807) is 24.3 Å². The van der Waals surface area contributed by atoms with E-state index >= 15 is 0 Å². The van der Waals surface area contributed by atoms with Gasteiger partial charge in [-0.25, -0.2) is 4.98 Å². The Labute approximate surface area is 220 Å². The van der Waals surface area contributed by atoms with E-state index in [9.17, 15) is 25.9 Å². The highest BCUT2D eigenvalue weighted by molar-refractivity contribution is 7.86. The maximum absolute atomic E-state index is 11.8. The van der Waals surface area contributed by atoms with Gasteiger partial charge in [0.05, 0.1) is 21.0 Å². The number of aromatic nitrogens is 4. The van der Waals surface area contributed by atoms with E-state index in [0.29, 0.717) is 11.1 Å². The molecule has 0 aliphatic heterocycles. The van der Waals surface area contributed by atoms with E-state index in [2.05, 4.69) is 30.6 Å². The largest absolute Gasteiger partial charge is 0.436 e. The molecule has 194 valence electrons. The van der Waals surface area contributed by atoms with E-state index in [4.69, 9.17) is 16.0 Å². The molecule has 4 N–H and O–H groups in total. The van der Waals surface area contributed by atoms with Crippen molar-refractivity contribution in [2.45, 2.75) is 9.79 Å². The predicted octanol–water partition coefficient (Wildman–Crippen LogP) is 4.31. The molecular weight excluding hydrogens is 560 g/mol. The van der Waals surface area contributed by atoms with Crippen LogP contribution in [0.1, 0.15) is 0 Å². The second-order valence-electron chi connectivity index (χ2n) is 7.67. The number of nitrogens with zero attached hydrogens (tertiary/aromatic N) is 4. The van der Waals surface area contributed by atoms with Crippen LogP contribution in [0.3, 0.4) is 0 Å². The summed E-state index contributed by atoms with van der Waals surface area (Å²) in [7, 11) is -8.98. The summed E-state index contributed by atoms with van der Waals surface area (Å²) >= 11 is 6.06. The van der Waals surface area contributed by atoms with Gasteiger partial charge in [0.2, 0.25) is 23.1 Å². The molecule has 3 aromatic carbocycles. The number of benzene rings is 3. The van der Waals surface area contributed by atoms with Crippen LogP contribution in [0.25, 0.3) is 22.6 Å². The lowest BCUT2D eigenvalue weighted by Crippen LogP contribution is -2.06. The summed E-state index contributed by atoms with van der Waals surface area (Å²) in [6, 6.07) is 15.9. The van der Waals surface area contributed by atoms with E-state index in [-0.39, 0.29) is 44.9 Å². The van der Waals surface area contributed by atoms with Gasteiger partial charge in [-0.05, 0) is 60.1 Å². The van der Waals surface area contributed by atoms with Crippen molar-refractivity contribution in [3.05, 3.63) is 72.0 Å². The molecule has 0 atom stereocenters. The lowest BCUT2D eigenvalue weighted by atomic mass is 10.1. The van der Waals surface area contributed by atoms with Gasteiger partial charge in [-0.2, -0.15) is 31.8 Å². The number of para-hydroxylation sites is 2. The second kappa shape index (κ2) is 9.62. The number of rotatable bonds is 7. The number of nitrogens with one attached hydrogen (secondary N) is 2. The summed E-state index contributed by atoms with van der Waals surface area (Å²) in [4.78, 5) is 15.8. The molecule has 13 nitrogen and oxygen atoms in total. The Kier molecular flexibility index (Phi) is 6.46. The highest BCUT2D eigenvalue weighted by Crippen LogP contribution is 2.34. The molecule has 0 saturated carbocycles. The van der Waals surface area contributed by atoms with Crippen LogP contribution in [0, 0.1) is 0 Å². The highest BCUT2D eigenvalue weighted by atomic mass is 35.5. The van der Waals surface area contributed by atoms with E-state index in [1.807, 2.05) is 0 Å². The molecule has 0 saturated heterocycles. The summed E-state index contributed by atoms with van der Waals surface area (Å²) in [6.07, 6.45) is 0. The molecule has 5 aromatic rings. The monoisotopic (exact) mass is 574 g/mol. The van der Waals surface area contributed by atoms with Crippen molar-refractivity contribution < 1.29 is 30.4 Å². The quantitative estimate of drug-likeness (QED) is 0.201. The number of hydrogen-bond acceptors (Lipinski definition) is 11. The molecule has 0 bridgehead atoms. The van der Waals surface area contributed by atoms with Gasteiger partial charge in [-0.1, -0.05) is 18.2 Å². The third-order valence-corrected chi connectivity index (χ3v) is 6.92. The first-order valence-electron chi connectivity index (χ1n) is 10.5. The SMILES string of the molecule is O=S(=O)(O)c1cccc(Nc2nc(Cl)nc(Nc3ccc(S(=O)(=O)O)cc3-c3nc4ccccc4o3)n2)c1. The van der Waals surface area contributed by atoms with Crippen LogP contribution in [-0.2, 0) is 20.2 Å². The first-order valence-corrected chi connectivity index (χ1v) is 13.7. The maximum atomic E-state index is 11.8. The molecule has 0 radical (unpaired) electrons. The Morgan fingerprint density at radius 1 is 0.737 bits per heavy atom. The molecule has 16 heteroatoms. The zero-order chi connectivity index (χ0) is 27.1. The zero-order valence-electron chi connectivity index (χ0n) is 18.8. The average molecular weight is 575 g/mol. The minimum Gasteiger partial charge on any atom is -0.436 e. The van der Waals surface area contributed by atoms with Crippen LogP contribution >= 0.6 is 11.6 Å². The zero-order valence-corrected chi connectivity index (χ0v) is 21.2. The molecule has 0 aliphatic rings. The lowest BCUT2D eigenvalue weighted by molar-refractivity contribution is 0.481. The maximum Gasteiger partial charge on any atom is 0.294 e. The van der Waals surface area contributed by atoms with Gasteiger partial charge in [-0.3, -0.25) is 9.11 Å². The van der Waals surface area contributed by atoms with Gasteiger partial charge in [0.25, 0.3) is 20.2 Å². The number of halogens is 1. The van der Waals surface area contributed by atoms with Crippen LogP contribution in [0.15, 0.2) is 80.9 Å². The lowest BCUT2D eigenvalue weighted by Gasteiger charge is -2.12. The average Bonchev–Trinajstić information content (AvgIpc) is 3.27. The Hall–Kier alpha value is -4.15. The third-order valence-electron chi connectivity index (χ3n) is 5.06. The van der Waals surface area contributed by atoms with E-state index in [1.165, 1.54) is 36.4 Å². The Bertz CT molecular complexity index is 1880. The van der Waals surface area contributed by atoms with Crippen molar-refractivity contribution in [3.63, 3.8) is 0 Å². The summed E-state index contributed by atoms with van der Waals surface area (Å²) in [6.45, 7) is 0. The van der Waals surface area contributed by atoms with Crippen molar-refractivity contribution >= 4 is 66.2 Å². The third kappa shape index (κ3) is 5.56. The van der Waals surface area contributed by atoms with Crippen LogP contribution < -0.4 is 10.6 Å². The molecular formula is C22H15ClN6O7S2. The van der Waals surface area contributed by atoms with Gasteiger partial charge in [0.1, 0.15) is 5.52 Å². The normalized spacial score (nSPS) is 12.0. The molecule has 0 unspecified atom stereocenters. The minimum atomic E-state index is -4.55. The van der Waals surface area contributed by atoms with Crippen LogP contribution in [0.4, 0.5) is 23.3 Å². The molecule has 0 aliphatic carbocycles. The fraction of sp³-hybridized carbons (Fsp3) is 0. The van der Waals surface area contributed by atoms with Crippen LogP contribution in [0.5, 0.6) is 0 Å². The standard InChI is InChI=1S/C22H15ClN6O7S2/c23-20-27-21(24-12-4-3-5-13(10-12)37(30,31)32)29-22(28-20)26-16-9-8-14(38(33,34)35)11-15(16)19-25-17-6-1-2-7-18(17)36-19/h1-11H,(H,30,31,32)(H,33,34,35)(H2,24,26,27,28,29). The number of oxazole rings is 1. The molecule has 5 rings (SSSR count). The first kappa shape index (κ1) is 25.5. The van der Waals surface area contributed by atoms with Gasteiger partial charge in [-0.15, -0.1) is 0 Å². The summed E-state index contributed by atoms with van der Waals surface area (Å²) in [5, 5.41) is 5.44. The van der Waals surface area contributed by atoms with Crippen molar-refractivity contribution in [2.75, 3.05) is 10.6 Å². The van der Waals surface area contributed by atoms with Crippen LogP contribution in [-0.4, -0.2) is 45.9 Å². The fourth-order valence-corrected chi connectivity index (χ4v) is 4.60. The Morgan fingerprint density at radius 3 is 2.13 bits per heavy atom. The van der Waals surface area contributed by atoms with Crippen molar-refractivity contribution in [1.29, 1.82) is 0 Å². The van der Waals surface area contributed by atoms with Crippen molar-refractivity contribution in [1.82, 2.24) is 19.9 Å². The van der Waals surface area contributed by atoms with E-state index in [0.717, 1.165) is 6.07 Å². The number of anilines is 4. The molecule has 0 amide bonds. The molecule has 38 heavy (non-hydrogen) atoms. The Balaban J connectivity index is 1.53. The van der Waals surface area contributed by atoms with Crippen molar-refractivity contribution in [2.24, 2.45) is 0 Å². The number of fused-ring (bicyclic) bond motifs is 1. The van der Waals surface area contributed by atoms with Gasteiger partial charge in [0.15, 0.2) is 5.58 Å².